The zero-order chi connectivity index (χ0) is 33.6. The summed E-state index contributed by atoms with van der Waals surface area (Å²) in [5.41, 5.74) is 14.8. The summed E-state index contributed by atoms with van der Waals surface area (Å²) < 4.78 is 0. The van der Waals surface area contributed by atoms with Gasteiger partial charge in [-0.05, 0) is 187 Å². The summed E-state index contributed by atoms with van der Waals surface area (Å²) in [6.07, 6.45) is 23.3. The number of rotatable bonds is 8. The molecule has 2 aromatic carbocycles. The molecule has 0 spiro atoms. The molecule has 268 valence electrons. The van der Waals surface area contributed by atoms with Gasteiger partial charge in [0.2, 0.25) is 0 Å². The van der Waals surface area contributed by atoms with Gasteiger partial charge in [0.1, 0.15) is 0 Å². The van der Waals surface area contributed by atoms with E-state index in [2.05, 4.69) is 70.4 Å². The SMILES string of the molecule is CN(C)C1CCc2cccc(N3OCC4=C3CCCC4)c2C1.c1cc2c(c(N3OCC4=C3CCCC4)c1)CC(N(CC1CC1)CC1CC1)CC2. The van der Waals surface area contributed by atoms with E-state index in [4.69, 9.17) is 9.68 Å². The van der Waals surface area contributed by atoms with E-state index in [0.29, 0.717) is 6.04 Å². The second-order valence-corrected chi connectivity index (χ2v) is 17.1. The third-order valence-corrected chi connectivity index (χ3v) is 13.3. The van der Waals surface area contributed by atoms with Crippen molar-refractivity contribution in [3.8, 4) is 0 Å². The van der Waals surface area contributed by atoms with Crippen LogP contribution in [0.4, 0.5) is 11.4 Å². The number of likely N-dealkylation sites (N-methyl/N-ethyl adjacent to an activating group) is 1. The predicted octanol–water partition coefficient (Wildman–Crippen LogP) is 8.93. The van der Waals surface area contributed by atoms with Crippen molar-refractivity contribution in [1.82, 2.24) is 9.80 Å². The summed E-state index contributed by atoms with van der Waals surface area (Å²) in [6.45, 7) is 4.33. The summed E-state index contributed by atoms with van der Waals surface area (Å²) in [4.78, 5) is 17.6. The Bertz CT molecular complexity index is 1610. The van der Waals surface area contributed by atoms with Crippen LogP contribution in [0.5, 0.6) is 0 Å². The van der Waals surface area contributed by atoms with Crippen molar-refractivity contribution in [1.29, 1.82) is 0 Å². The molecular formula is C44H60N4O2. The maximum Gasteiger partial charge on any atom is 0.0984 e. The lowest BCUT2D eigenvalue weighted by Crippen LogP contribution is -2.42. The van der Waals surface area contributed by atoms with Crippen LogP contribution in [0.3, 0.4) is 0 Å². The van der Waals surface area contributed by atoms with Crippen LogP contribution in [0.1, 0.15) is 112 Å². The Morgan fingerprint density at radius 2 is 1.06 bits per heavy atom. The van der Waals surface area contributed by atoms with Gasteiger partial charge in [-0.15, -0.1) is 0 Å². The van der Waals surface area contributed by atoms with Gasteiger partial charge in [0.15, 0.2) is 0 Å². The van der Waals surface area contributed by atoms with E-state index < -0.39 is 0 Å². The second-order valence-electron chi connectivity index (χ2n) is 17.1. The van der Waals surface area contributed by atoms with E-state index in [9.17, 15) is 0 Å². The van der Waals surface area contributed by atoms with Gasteiger partial charge in [0, 0.05) is 36.6 Å². The van der Waals surface area contributed by atoms with Crippen LogP contribution in [0.2, 0.25) is 0 Å². The summed E-state index contributed by atoms with van der Waals surface area (Å²) >= 11 is 0. The minimum absolute atomic E-state index is 0.649. The van der Waals surface area contributed by atoms with Crippen LogP contribution in [-0.2, 0) is 35.4 Å². The van der Waals surface area contributed by atoms with E-state index in [-0.39, 0.29) is 0 Å². The molecule has 6 heteroatoms. The molecule has 0 bridgehead atoms. The standard InChI is InChI=1S/C25H34N2O.C19H26N2O/c1-2-6-24-21(4-1)17-28-27(24)25-7-3-5-20-12-13-22(14-23(20)25)26(15-18-8-9-18)16-19-10-11-19;1-20(2)16-11-10-14-7-5-9-19(17(14)12-16)21-18-8-4-3-6-15(18)13-22-21/h3,5,7,18-19,22H,1-2,4,6,8-17H2;5,7,9,16H,3-4,6,8,10-13H2,1-2H3. The lowest BCUT2D eigenvalue weighted by molar-refractivity contribution is 0.159. The topological polar surface area (TPSA) is 31.4 Å². The minimum atomic E-state index is 0.649. The number of aryl methyl sites for hydroxylation is 2. The largest absolute Gasteiger partial charge is 0.306 e. The molecule has 2 aliphatic heterocycles. The van der Waals surface area contributed by atoms with Crippen LogP contribution < -0.4 is 10.1 Å². The summed E-state index contributed by atoms with van der Waals surface area (Å²) in [6, 6.07) is 15.1. The lowest BCUT2D eigenvalue weighted by atomic mass is 9.85. The Kier molecular flexibility index (Phi) is 9.57. The maximum atomic E-state index is 6.24. The Morgan fingerprint density at radius 3 is 1.56 bits per heavy atom. The van der Waals surface area contributed by atoms with Crippen LogP contribution in [0.15, 0.2) is 58.9 Å². The normalized spacial score (nSPS) is 26.2. The number of nitrogens with zero attached hydrogens (tertiary/aromatic N) is 4. The van der Waals surface area contributed by atoms with E-state index in [1.54, 1.807) is 16.7 Å². The van der Waals surface area contributed by atoms with Gasteiger partial charge in [-0.1, -0.05) is 24.3 Å². The third kappa shape index (κ3) is 6.95. The maximum absolute atomic E-state index is 6.24. The van der Waals surface area contributed by atoms with Crippen molar-refractivity contribution in [2.24, 2.45) is 11.8 Å². The number of anilines is 2. The fourth-order valence-corrected chi connectivity index (χ4v) is 9.85. The van der Waals surface area contributed by atoms with Crippen molar-refractivity contribution in [3.63, 3.8) is 0 Å². The molecule has 0 N–H and O–H groups in total. The fourth-order valence-electron chi connectivity index (χ4n) is 9.85. The molecule has 6 aliphatic carbocycles. The van der Waals surface area contributed by atoms with E-state index in [1.807, 2.05) is 0 Å². The zero-order valence-electron chi connectivity index (χ0n) is 30.9. The molecule has 0 amide bonds. The quantitative estimate of drug-likeness (QED) is 0.278. The molecule has 0 saturated heterocycles. The molecule has 2 atom stereocenters. The summed E-state index contributed by atoms with van der Waals surface area (Å²) in [5, 5.41) is 4.41. The first-order chi connectivity index (χ1) is 24.6. The van der Waals surface area contributed by atoms with Crippen LogP contribution in [0.25, 0.3) is 0 Å². The Labute approximate surface area is 301 Å². The molecule has 2 heterocycles. The first-order valence-electron chi connectivity index (χ1n) is 20.5. The zero-order valence-corrected chi connectivity index (χ0v) is 30.9. The second kappa shape index (κ2) is 14.4. The predicted molar refractivity (Wildman–Crippen MR) is 203 cm³/mol. The average molecular weight is 677 g/mol. The number of fused-ring (bicyclic) bond motifs is 2. The minimum Gasteiger partial charge on any atom is -0.306 e. The van der Waals surface area contributed by atoms with Gasteiger partial charge in [-0.2, -0.15) is 0 Å². The van der Waals surface area contributed by atoms with Crippen LogP contribution in [-0.4, -0.2) is 62.3 Å². The van der Waals surface area contributed by atoms with Crippen molar-refractivity contribution < 1.29 is 9.68 Å². The number of benzene rings is 2. The molecule has 0 radical (unpaired) electrons. The highest BCUT2D eigenvalue weighted by Gasteiger charge is 2.36. The summed E-state index contributed by atoms with van der Waals surface area (Å²) in [5.74, 6) is 1.99. The van der Waals surface area contributed by atoms with Gasteiger partial charge < -0.3 is 4.90 Å². The van der Waals surface area contributed by atoms with Crippen molar-refractivity contribution in [2.75, 3.05) is 50.5 Å². The highest BCUT2D eigenvalue weighted by atomic mass is 16.7. The molecule has 2 saturated carbocycles. The van der Waals surface area contributed by atoms with Gasteiger partial charge in [-0.3, -0.25) is 14.6 Å². The highest BCUT2D eigenvalue weighted by Crippen LogP contribution is 2.43. The Morgan fingerprint density at radius 1 is 0.580 bits per heavy atom. The molecule has 8 aliphatic rings. The Hall–Kier alpha value is -2.64. The first-order valence-corrected chi connectivity index (χ1v) is 20.5. The molecular weight excluding hydrogens is 617 g/mol. The van der Waals surface area contributed by atoms with Gasteiger partial charge in [0.05, 0.1) is 24.6 Å². The molecule has 50 heavy (non-hydrogen) atoms. The number of hydroxylamine groups is 2. The molecule has 10 rings (SSSR count). The molecule has 6 nitrogen and oxygen atoms in total. The fraction of sp³-hybridized carbons (Fsp3) is 0.636. The monoisotopic (exact) mass is 676 g/mol. The number of hydrogen-bond acceptors (Lipinski definition) is 6. The lowest BCUT2D eigenvalue weighted by Gasteiger charge is -2.37. The first kappa shape index (κ1) is 33.2. The average Bonchev–Trinajstić information content (AvgIpc) is 4.08. The molecule has 2 unspecified atom stereocenters. The van der Waals surface area contributed by atoms with Crippen LogP contribution >= 0.6 is 0 Å². The van der Waals surface area contributed by atoms with Crippen molar-refractivity contribution in [2.45, 2.75) is 128 Å². The summed E-state index contributed by atoms with van der Waals surface area (Å²) in [7, 11) is 4.40. The van der Waals surface area contributed by atoms with Gasteiger partial charge in [-0.25, -0.2) is 10.1 Å². The van der Waals surface area contributed by atoms with E-state index in [1.165, 1.54) is 162 Å². The van der Waals surface area contributed by atoms with Crippen LogP contribution in [0, 0.1) is 11.8 Å². The van der Waals surface area contributed by atoms with Gasteiger partial charge >= 0.3 is 0 Å². The van der Waals surface area contributed by atoms with E-state index >= 15 is 0 Å². The number of allylic oxidation sites excluding steroid dienone is 2. The highest BCUT2D eigenvalue weighted by molar-refractivity contribution is 5.62. The van der Waals surface area contributed by atoms with Gasteiger partial charge in [0.25, 0.3) is 0 Å². The smallest absolute Gasteiger partial charge is 0.0984 e. The van der Waals surface area contributed by atoms with Crippen molar-refractivity contribution in [3.05, 3.63) is 81.2 Å². The van der Waals surface area contributed by atoms with Crippen molar-refractivity contribution >= 4 is 11.4 Å². The molecule has 0 aromatic heterocycles. The van der Waals surface area contributed by atoms with E-state index in [0.717, 1.165) is 37.5 Å². The molecule has 2 aromatic rings. The number of hydrogen-bond donors (Lipinski definition) is 0. The molecule has 2 fully saturated rings. The third-order valence-electron chi connectivity index (χ3n) is 13.3. The Balaban J connectivity index is 0.000000139.